The summed E-state index contributed by atoms with van der Waals surface area (Å²) in [5.74, 6) is 0. The number of aromatic nitrogens is 3. The first kappa shape index (κ1) is 12.1. The van der Waals surface area contributed by atoms with E-state index >= 15 is 0 Å². The smallest absolute Gasteiger partial charge is 0.106 e. The Morgan fingerprint density at radius 1 is 1.41 bits per heavy atom. The van der Waals surface area contributed by atoms with Crippen molar-refractivity contribution in [2.45, 2.75) is 19.9 Å². The highest BCUT2D eigenvalue weighted by Gasteiger charge is 2.19. The van der Waals surface area contributed by atoms with Gasteiger partial charge in [-0.3, -0.25) is 9.67 Å². The van der Waals surface area contributed by atoms with E-state index in [1.165, 1.54) is 0 Å². The second-order valence-electron chi connectivity index (χ2n) is 3.94. The number of hydrogen-bond acceptors (Lipinski definition) is 3. The first-order valence-corrected chi connectivity index (χ1v) is 5.85. The standard InChI is InChI=1S/C12H15ClN4/c1-8-12(13)9(2)17(16-8)11(7-14)10-5-3-4-6-15-10/h3-6,11H,7,14H2,1-2H3. The highest BCUT2D eigenvalue weighted by Crippen LogP contribution is 2.24. The van der Waals surface area contributed by atoms with Crippen LogP contribution in [0.2, 0.25) is 5.02 Å². The van der Waals surface area contributed by atoms with Gasteiger partial charge in [0, 0.05) is 12.7 Å². The van der Waals surface area contributed by atoms with Gasteiger partial charge in [-0.05, 0) is 26.0 Å². The molecule has 0 aliphatic rings. The second-order valence-corrected chi connectivity index (χ2v) is 4.31. The molecule has 0 bridgehead atoms. The lowest BCUT2D eigenvalue weighted by molar-refractivity contribution is 0.505. The molecule has 0 amide bonds. The van der Waals surface area contributed by atoms with Gasteiger partial charge in [0.1, 0.15) is 6.04 Å². The van der Waals surface area contributed by atoms with Crippen molar-refractivity contribution in [3.63, 3.8) is 0 Å². The molecule has 2 rings (SSSR count). The highest BCUT2D eigenvalue weighted by atomic mass is 35.5. The van der Waals surface area contributed by atoms with Crippen molar-refractivity contribution in [3.8, 4) is 0 Å². The average molecular weight is 251 g/mol. The largest absolute Gasteiger partial charge is 0.328 e. The Balaban J connectivity index is 2.46. The summed E-state index contributed by atoms with van der Waals surface area (Å²) < 4.78 is 1.85. The predicted octanol–water partition coefficient (Wildman–Crippen LogP) is 2.10. The summed E-state index contributed by atoms with van der Waals surface area (Å²) in [6.45, 7) is 4.26. The summed E-state index contributed by atoms with van der Waals surface area (Å²) in [6, 6.07) is 5.70. The lowest BCUT2D eigenvalue weighted by atomic mass is 10.2. The van der Waals surface area contributed by atoms with Gasteiger partial charge in [0.05, 0.1) is 22.1 Å². The molecule has 2 N–H and O–H groups in total. The number of hydrogen-bond donors (Lipinski definition) is 1. The van der Waals surface area contributed by atoms with Gasteiger partial charge in [0.15, 0.2) is 0 Å². The van der Waals surface area contributed by atoms with Crippen molar-refractivity contribution in [2.24, 2.45) is 5.73 Å². The number of rotatable bonds is 3. The molecule has 1 unspecified atom stereocenters. The SMILES string of the molecule is Cc1nn(C(CN)c2ccccn2)c(C)c1Cl. The summed E-state index contributed by atoms with van der Waals surface area (Å²) >= 11 is 6.14. The van der Waals surface area contributed by atoms with Gasteiger partial charge in [0.25, 0.3) is 0 Å². The molecule has 0 fully saturated rings. The Kier molecular flexibility index (Phi) is 3.45. The van der Waals surface area contributed by atoms with Crippen LogP contribution >= 0.6 is 11.6 Å². The first-order valence-electron chi connectivity index (χ1n) is 5.47. The molecule has 0 aliphatic carbocycles. The van der Waals surface area contributed by atoms with Gasteiger partial charge >= 0.3 is 0 Å². The van der Waals surface area contributed by atoms with Crippen molar-refractivity contribution in [1.82, 2.24) is 14.8 Å². The quantitative estimate of drug-likeness (QED) is 0.908. The lowest BCUT2D eigenvalue weighted by Crippen LogP contribution is -2.23. The average Bonchev–Trinajstić information content (AvgIpc) is 2.60. The van der Waals surface area contributed by atoms with Crippen LogP contribution in [0.25, 0.3) is 0 Å². The summed E-state index contributed by atoms with van der Waals surface area (Å²) in [4.78, 5) is 4.32. The fourth-order valence-corrected chi connectivity index (χ4v) is 1.99. The van der Waals surface area contributed by atoms with Crippen LogP contribution in [-0.4, -0.2) is 21.3 Å². The third-order valence-electron chi connectivity index (χ3n) is 2.78. The minimum Gasteiger partial charge on any atom is -0.328 e. The van der Waals surface area contributed by atoms with E-state index in [9.17, 15) is 0 Å². The topological polar surface area (TPSA) is 56.7 Å². The fourth-order valence-electron chi connectivity index (χ4n) is 1.87. The van der Waals surface area contributed by atoms with Gasteiger partial charge in [0.2, 0.25) is 0 Å². The van der Waals surface area contributed by atoms with E-state index in [0.29, 0.717) is 11.6 Å². The molecule has 0 saturated heterocycles. The van der Waals surface area contributed by atoms with Crippen LogP contribution in [0.4, 0.5) is 0 Å². The molecule has 1 atom stereocenters. The third kappa shape index (κ3) is 2.18. The first-order chi connectivity index (χ1) is 8.15. The van der Waals surface area contributed by atoms with E-state index in [1.54, 1.807) is 6.20 Å². The number of pyridine rings is 1. The minimum atomic E-state index is -0.0672. The van der Waals surface area contributed by atoms with Gasteiger partial charge in [-0.15, -0.1) is 0 Å². The van der Waals surface area contributed by atoms with Crippen LogP contribution in [0, 0.1) is 13.8 Å². The van der Waals surface area contributed by atoms with Gasteiger partial charge in [-0.2, -0.15) is 5.10 Å². The number of nitrogens with two attached hydrogens (primary N) is 1. The zero-order valence-electron chi connectivity index (χ0n) is 9.89. The van der Waals surface area contributed by atoms with Crippen LogP contribution < -0.4 is 5.73 Å². The van der Waals surface area contributed by atoms with Crippen LogP contribution in [0.15, 0.2) is 24.4 Å². The maximum atomic E-state index is 6.14. The summed E-state index contributed by atoms with van der Waals surface area (Å²) in [6.07, 6.45) is 1.76. The molecule has 0 aromatic carbocycles. The van der Waals surface area contributed by atoms with E-state index < -0.39 is 0 Å². The molecular weight excluding hydrogens is 236 g/mol. The van der Waals surface area contributed by atoms with Gasteiger partial charge in [-0.25, -0.2) is 0 Å². The number of halogens is 1. The molecule has 0 radical (unpaired) electrons. The van der Waals surface area contributed by atoms with Crippen molar-refractivity contribution >= 4 is 11.6 Å². The molecule has 0 aliphatic heterocycles. The van der Waals surface area contributed by atoms with Crippen LogP contribution in [0.1, 0.15) is 23.1 Å². The third-order valence-corrected chi connectivity index (χ3v) is 3.33. The molecular formula is C12H15ClN4. The van der Waals surface area contributed by atoms with Gasteiger partial charge in [-0.1, -0.05) is 17.7 Å². The Bertz CT molecular complexity index is 507. The molecule has 0 saturated carbocycles. The van der Waals surface area contributed by atoms with Crippen molar-refractivity contribution in [3.05, 3.63) is 46.5 Å². The minimum absolute atomic E-state index is 0.0672. The molecule has 5 heteroatoms. The summed E-state index contributed by atoms with van der Waals surface area (Å²) in [5.41, 5.74) is 8.46. The van der Waals surface area contributed by atoms with Gasteiger partial charge < -0.3 is 5.73 Å². The number of nitrogens with zero attached hydrogens (tertiary/aromatic N) is 3. The van der Waals surface area contributed by atoms with E-state index in [2.05, 4.69) is 10.1 Å². The fraction of sp³-hybridized carbons (Fsp3) is 0.333. The summed E-state index contributed by atoms with van der Waals surface area (Å²) in [5, 5.41) is 5.12. The van der Waals surface area contributed by atoms with Crippen molar-refractivity contribution in [2.75, 3.05) is 6.54 Å². The Morgan fingerprint density at radius 3 is 2.65 bits per heavy atom. The molecule has 90 valence electrons. The van der Waals surface area contributed by atoms with E-state index in [4.69, 9.17) is 17.3 Å². The number of aryl methyl sites for hydroxylation is 1. The van der Waals surface area contributed by atoms with Crippen LogP contribution in [-0.2, 0) is 0 Å². The second kappa shape index (κ2) is 4.85. The Hall–Kier alpha value is -1.39. The highest BCUT2D eigenvalue weighted by molar-refractivity contribution is 6.31. The molecule has 17 heavy (non-hydrogen) atoms. The molecule has 4 nitrogen and oxygen atoms in total. The zero-order chi connectivity index (χ0) is 12.4. The van der Waals surface area contributed by atoms with Crippen molar-refractivity contribution in [1.29, 1.82) is 0 Å². The lowest BCUT2D eigenvalue weighted by Gasteiger charge is -2.16. The Morgan fingerprint density at radius 2 is 2.18 bits per heavy atom. The van der Waals surface area contributed by atoms with E-state index in [1.807, 2.05) is 36.7 Å². The maximum absolute atomic E-state index is 6.14. The maximum Gasteiger partial charge on any atom is 0.106 e. The van der Waals surface area contributed by atoms with E-state index in [-0.39, 0.29) is 6.04 Å². The molecule has 0 spiro atoms. The van der Waals surface area contributed by atoms with Crippen LogP contribution in [0.5, 0.6) is 0 Å². The van der Waals surface area contributed by atoms with Crippen LogP contribution in [0.3, 0.4) is 0 Å². The molecule has 2 heterocycles. The Labute approximate surface area is 105 Å². The molecule has 2 aromatic heterocycles. The van der Waals surface area contributed by atoms with Crippen molar-refractivity contribution < 1.29 is 0 Å². The van der Waals surface area contributed by atoms with E-state index in [0.717, 1.165) is 17.1 Å². The normalized spacial score (nSPS) is 12.7. The monoisotopic (exact) mass is 250 g/mol. The summed E-state index contributed by atoms with van der Waals surface area (Å²) in [7, 11) is 0. The molecule has 2 aromatic rings. The zero-order valence-corrected chi connectivity index (χ0v) is 10.6. The predicted molar refractivity (Wildman–Crippen MR) is 68.1 cm³/mol.